The monoisotopic (exact) mass is 334 g/mol. The number of hydrogen-bond acceptors (Lipinski definition) is 3. The van der Waals surface area contributed by atoms with Crippen LogP contribution in [-0.4, -0.2) is 31.6 Å². The molecule has 23 heavy (non-hydrogen) atoms. The van der Waals surface area contributed by atoms with Crippen molar-refractivity contribution in [2.45, 2.75) is 44.5 Å². The van der Waals surface area contributed by atoms with E-state index in [4.69, 9.17) is 5.73 Å². The molecule has 0 bridgehead atoms. The van der Waals surface area contributed by atoms with E-state index >= 15 is 0 Å². The molecule has 3 N–H and O–H groups in total. The van der Waals surface area contributed by atoms with Gasteiger partial charge in [0.2, 0.25) is 0 Å². The quantitative estimate of drug-likeness (QED) is 0.784. The van der Waals surface area contributed by atoms with Gasteiger partial charge < -0.3 is 15.2 Å². The number of likely N-dealkylation sites (tertiary alicyclic amines) is 1. The maximum absolute atomic E-state index is 11.5. The van der Waals surface area contributed by atoms with Crippen molar-refractivity contribution in [1.82, 2.24) is 4.90 Å². The van der Waals surface area contributed by atoms with E-state index in [1.807, 2.05) is 24.0 Å². The minimum atomic E-state index is -1.87. The third-order valence-corrected chi connectivity index (χ3v) is 5.46. The molecular weight excluding hydrogens is 308 g/mol. The molecule has 1 saturated heterocycles. The number of hydrogen-bond donors (Lipinski definition) is 2. The standard InChI is InChI=1S/C18H26N2O2S/c1-4-15(16-9-6-5-8-13(16)2)12-17(19)14(3)20-11-7-10-18(20)23(21)22/h4-6,8-9,17-18H,3,7,10-12,19H2,1-2H3,(H,21,22)/b15-4-/t17-,18+/m0/s1. The van der Waals surface area contributed by atoms with Crippen molar-refractivity contribution in [3.63, 3.8) is 0 Å². The first-order chi connectivity index (χ1) is 11.0. The van der Waals surface area contributed by atoms with Crippen molar-refractivity contribution < 1.29 is 8.76 Å². The molecule has 0 spiro atoms. The van der Waals surface area contributed by atoms with Crippen molar-refractivity contribution in [1.29, 1.82) is 0 Å². The molecule has 2 rings (SSSR count). The second kappa shape index (κ2) is 7.90. The predicted octanol–water partition coefficient (Wildman–Crippen LogP) is 3.27. The molecule has 1 aromatic rings. The molecule has 0 aliphatic carbocycles. The highest BCUT2D eigenvalue weighted by Gasteiger charge is 2.31. The summed E-state index contributed by atoms with van der Waals surface area (Å²) in [5.74, 6) is 0. The number of benzene rings is 1. The molecule has 1 aliphatic rings. The molecule has 5 heteroatoms. The van der Waals surface area contributed by atoms with E-state index in [2.05, 4.69) is 31.7 Å². The van der Waals surface area contributed by atoms with Crippen molar-refractivity contribution in [3.05, 3.63) is 53.7 Å². The second-order valence-electron chi connectivity index (χ2n) is 6.00. The summed E-state index contributed by atoms with van der Waals surface area (Å²) < 4.78 is 20.9. The molecule has 1 aliphatic heterocycles. The summed E-state index contributed by atoms with van der Waals surface area (Å²) in [6, 6.07) is 7.98. The van der Waals surface area contributed by atoms with Crippen LogP contribution >= 0.6 is 0 Å². The van der Waals surface area contributed by atoms with E-state index in [0.29, 0.717) is 12.8 Å². The lowest BCUT2D eigenvalue weighted by atomic mass is 9.94. The number of rotatable bonds is 6. The van der Waals surface area contributed by atoms with Crippen molar-refractivity contribution in [2.75, 3.05) is 6.54 Å². The van der Waals surface area contributed by atoms with Gasteiger partial charge in [-0.3, -0.25) is 0 Å². The lowest BCUT2D eigenvalue weighted by Gasteiger charge is -2.30. The molecule has 0 amide bonds. The molecule has 1 aromatic carbocycles. The molecule has 0 aromatic heterocycles. The van der Waals surface area contributed by atoms with Gasteiger partial charge in [0, 0.05) is 18.3 Å². The first-order valence-electron chi connectivity index (χ1n) is 7.97. The van der Waals surface area contributed by atoms with E-state index in [1.165, 1.54) is 16.7 Å². The maximum atomic E-state index is 11.5. The Hall–Kier alpha value is -1.43. The van der Waals surface area contributed by atoms with Gasteiger partial charge >= 0.3 is 0 Å². The van der Waals surface area contributed by atoms with Gasteiger partial charge in [-0.1, -0.05) is 36.9 Å². The Morgan fingerprint density at radius 1 is 1.57 bits per heavy atom. The SMILES string of the molecule is C=C([C@@H](N)C/C(=C/C)c1ccccc1C)N1CCC[C@H]1S(=O)O. The maximum Gasteiger partial charge on any atom is 0.176 e. The highest BCUT2D eigenvalue weighted by atomic mass is 32.2. The van der Waals surface area contributed by atoms with Gasteiger partial charge in [-0.15, -0.1) is 0 Å². The van der Waals surface area contributed by atoms with Crippen molar-refractivity contribution in [2.24, 2.45) is 5.73 Å². The molecule has 126 valence electrons. The molecule has 0 saturated carbocycles. The fourth-order valence-corrected chi connectivity index (χ4v) is 3.99. The van der Waals surface area contributed by atoms with Crippen molar-refractivity contribution in [3.8, 4) is 0 Å². The van der Waals surface area contributed by atoms with Crippen LogP contribution in [0.5, 0.6) is 0 Å². The molecule has 3 atom stereocenters. The highest BCUT2D eigenvalue weighted by molar-refractivity contribution is 7.79. The topological polar surface area (TPSA) is 66.6 Å². The summed E-state index contributed by atoms with van der Waals surface area (Å²) in [6.07, 6.45) is 4.36. The van der Waals surface area contributed by atoms with Gasteiger partial charge in [0.15, 0.2) is 11.1 Å². The molecule has 0 radical (unpaired) electrons. The van der Waals surface area contributed by atoms with Crippen LogP contribution in [0.25, 0.3) is 5.57 Å². The van der Waals surface area contributed by atoms with E-state index < -0.39 is 11.1 Å². The molecule has 1 unspecified atom stereocenters. The number of allylic oxidation sites excluding steroid dienone is 1. The molecule has 4 nitrogen and oxygen atoms in total. The lowest BCUT2D eigenvalue weighted by Crippen LogP contribution is -2.39. The molecule has 1 fully saturated rings. The van der Waals surface area contributed by atoms with Crippen LogP contribution in [0.15, 0.2) is 42.6 Å². The van der Waals surface area contributed by atoms with Crippen LogP contribution < -0.4 is 5.73 Å². The molecular formula is C18H26N2O2S. The van der Waals surface area contributed by atoms with Crippen molar-refractivity contribution >= 4 is 16.7 Å². The normalized spacial score (nSPS) is 21.3. The van der Waals surface area contributed by atoms with Gasteiger partial charge in [0.05, 0.1) is 0 Å². The first-order valence-corrected chi connectivity index (χ1v) is 9.14. The number of aryl methyl sites for hydroxylation is 1. The Morgan fingerprint density at radius 3 is 2.87 bits per heavy atom. The summed E-state index contributed by atoms with van der Waals surface area (Å²) in [5.41, 5.74) is 10.7. The van der Waals surface area contributed by atoms with E-state index in [-0.39, 0.29) is 11.4 Å². The minimum Gasteiger partial charge on any atom is -0.358 e. The van der Waals surface area contributed by atoms with Gasteiger partial charge in [-0.05, 0) is 49.8 Å². The number of nitrogens with two attached hydrogens (primary N) is 1. The van der Waals surface area contributed by atoms with E-state index in [1.54, 1.807) is 0 Å². The molecule has 1 heterocycles. The first kappa shape index (κ1) is 17.9. The van der Waals surface area contributed by atoms with Crippen LogP contribution in [0.4, 0.5) is 0 Å². The summed E-state index contributed by atoms with van der Waals surface area (Å²) in [5, 5.41) is -0.374. The Bertz CT molecular complexity index is 627. The third-order valence-electron chi connectivity index (χ3n) is 4.51. The Morgan fingerprint density at radius 2 is 2.26 bits per heavy atom. The summed E-state index contributed by atoms with van der Waals surface area (Å²) in [4.78, 5) is 1.91. The third kappa shape index (κ3) is 4.10. The second-order valence-corrected chi connectivity index (χ2v) is 7.09. The minimum absolute atomic E-state index is 0.259. The smallest absolute Gasteiger partial charge is 0.176 e. The summed E-state index contributed by atoms with van der Waals surface area (Å²) in [6.45, 7) is 8.95. The van der Waals surface area contributed by atoms with Crippen LogP contribution in [-0.2, 0) is 11.1 Å². The van der Waals surface area contributed by atoms with Gasteiger partial charge in [-0.25, -0.2) is 4.21 Å². The Balaban J connectivity index is 2.11. The fraction of sp³-hybridized carbons (Fsp3) is 0.444. The van der Waals surface area contributed by atoms with E-state index in [0.717, 1.165) is 18.7 Å². The average molecular weight is 334 g/mol. The van der Waals surface area contributed by atoms with Crippen LogP contribution in [0.1, 0.15) is 37.3 Å². The number of nitrogens with zero attached hydrogens (tertiary/aromatic N) is 1. The fourth-order valence-electron chi connectivity index (χ4n) is 3.16. The predicted molar refractivity (Wildman–Crippen MR) is 97.1 cm³/mol. The van der Waals surface area contributed by atoms with Crippen LogP contribution in [0, 0.1) is 6.92 Å². The summed E-state index contributed by atoms with van der Waals surface area (Å²) in [7, 11) is 0. The van der Waals surface area contributed by atoms with Crippen LogP contribution in [0.2, 0.25) is 0 Å². The Labute approximate surface area is 141 Å². The average Bonchev–Trinajstić information content (AvgIpc) is 3.02. The highest BCUT2D eigenvalue weighted by Crippen LogP contribution is 2.29. The van der Waals surface area contributed by atoms with Crippen LogP contribution in [0.3, 0.4) is 0 Å². The largest absolute Gasteiger partial charge is 0.358 e. The lowest BCUT2D eigenvalue weighted by molar-refractivity contribution is 0.354. The van der Waals surface area contributed by atoms with E-state index in [9.17, 15) is 8.76 Å². The summed E-state index contributed by atoms with van der Waals surface area (Å²) >= 11 is -1.87. The zero-order valence-electron chi connectivity index (χ0n) is 13.9. The zero-order chi connectivity index (χ0) is 17.0. The zero-order valence-corrected chi connectivity index (χ0v) is 14.7. The van der Waals surface area contributed by atoms with Gasteiger partial charge in [-0.2, -0.15) is 0 Å². The van der Waals surface area contributed by atoms with Gasteiger partial charge in [0.1, 0.15) is 5.37 Å². The Kier molecular flexibility index (Phi) is 6.16. The van der Waals surface area contributed by atoms with Gasteiger partial charge in [0.25, 0.3) is 0 Å².